The van der Waals surface area contributed by atoms with E-state index in [2.05, 4.69) is 6.07 Å². The van der Waals surface area contributed by atoms with Crippen LogP contribution in [0.1, 0.15) is 11.1 Å². The molecule has 0 atom stereocenters. The number of fused-ring (bicyclic) bond motifs is 1. The maximum atomic E-state index is 5.81. The van der Waals surface area contributed by atoms with Gasteiger partial charge in [-0.2, -0.15) is 0 Å². The van der Waals surface area contributed by atoms with Crippen LogP contribution >= 0.6 is 0 Å². The third-order valence-electron chi connectivity index (χ3n) is 2.83. The van der Waals surface area contributed by atoms with E-state index < -0.39 is 0 Å². The molecule has 3 rings (SSSR count). The van der Waals surface area contributed by atoms with Crippen LogP contribution in [0.15, 0.2) is 54.2 Å². The van der Waals surface area contributed by atoms with E-state index in [0.717, 1.165) is 29.2 Å². The van der Waals surface area contributed by atoms with Crippen molar-refractivity contribution in [3.63, 3.8) is 0 Å². The normalized spacial score (nSPS) is 13.1. The first-order chi connectivity index (χ1) is 8.31. The summed E-state index contributed by atoms with van der Waals surface area (Å²) in [7, 11) is 0. The van der Waals surface area contributed by atoms with Gasteiger partial charge in [0.25, 0.3) is 0 Å². The molecule has 0 heterocycles. The first-order valence-corrected chi connectivity index (χ1v) is 5.63. The SMILES string of the molecule is NC1=Cc2cc(Oc3ccccc3)ccc2C1. The highest BCUT2D eigenvalue weighted by molar-refractivity contribution is 5.64. The highest BCUT2D eigenvalue weighted by Crippen LogP contribution is 2.28. The van der Waals surface area contributed by atoms with Crippen molar-refractivity contribution in [3.05, 3.63) is 65.4 Å². The minimum Gasteiger partial charge on any atom is -0.457 e. The molecule has 2 heteroatoms. The molecule has 84 valence electrons. The van der Waals surface area contributed by atoms with Crippen LogP contribution in [-0.2, 0) is 6.42 Å². The van der Waals surface area contributed by atoms with Gasteiger partial charge in [0.2, 0.25) is 0 Å². The Labute approximate surface area is 100 Å². The van der Waals surface area contributed by atoms with Crippen molar-refractivity contribution in [3.8, 4) is 11.5 Å². The molecule has 0 aliphatic heterocycles. The average molecular weight is 223 g/mol. The number of para-hydroxylation sites is 1. The summed E-state index contributed by atoms with van der Waals surface area (Å²) < 4.78 is 5.77. The van der Waals surface area contributed by atoms with E-state index in [1.807, 2.05) is 48.5 Å². The molecule has 2 aromatic rings. The molecule has 17 heavy (non-hydrogen) atoms. The zero-order chi connectivity index (χ0) is 11.7. The van der Waals surface area contributed by atoms with Crippen molar-refractivity contribution < 1.29 is 4.74 Å². The second-order valence-corrected chi connectivity index (χ2v) is 4.17. The van der Waals surface area contributed by atoms with Gasteiger partial charge in [-0.1, -0.05) is 24.3 Å². The second-order valence-electron chi connectivity index (χ2n) is 4.17. The zero-order valence-corrected chi connectivity index (χ0v) is 9.39. The Balaban J connectivity index is 1.88. The van der Waals surface area contributed by atoms with Gasteiger partial charge in [0.15, 0.2) is 0 Å². The fourth-order valence-electron chi connectivity index (χ4n) is 2.03. The molecule has 1 aliphatic rings. The number of hydrogen-bond donors (Lipinski definition) is 1. The van der Waals surface area contributed by atoms with Gasteiger partial charge < -0.3 is 10.5 Å². The molecule has 0 saturated carbocycles. The number of benzene rings is 2. The Hall–Kier alpha value is -2.22. The Morgan fingerprint density at radius 2 is 1.76 bits per heavy atom. The molecule has 0 amide bonds. The van der Waals surface area contributed by atoms with Crippen LogP contribution < -0.4 is 10.5 Å². The molecule has 0 unspecified atom stereocenters. The summed E-state index contributed by atoms with van der Waals surface area (Å²) in [5, 5.41) is 0. The third-order valence-corrected chi connectivity index (χ3v) is 2.83. The molecule has 2 nitrogen and oxygen atoms in total. The van der Waals surface area contributed by atoms with Gasteiger partial charge in [-0.05, 0) is 41.5 Å². The minimum absolute atomic E-state index is 0.848. The molecule has 2 N–H and O–H groups in total. The Morgan fingerprint density at radius 3 is 2.59 bits per heavy atom. The van der Waals surface area contributed by atoms with E-state index in [4.69, 9.17) is 10.5 Å². The molecular formula is C15H13NO. The van der Waals surface area contributed by atoms with Crippen LogP contribution in [0.5, 0.6) is 11.5 Å². The Bertz CT molecular complexity index is 573. The summed E-state index contributed by atoms with van der Waals surface area (Å²) in [5.74, 6) is 1.70. The predicted molar refractivity (Wildman–Crippen MR) is 68.8 cm³/mol. The van der Waals surface area contributed by atoms with E-state index in [-0.39, 0.29) is 0 Å². The van der Waals surface area contributed by atoms with E-state index in [0.29, 0.717) is 0 Å². The molecular weight excluding hydrogens is 210 g/mol. The highest BCUT2D eigenvalue weighted by atomic mass is 16.5. The fourth-order valence-corrected chi connectivity index (χ4v) is 2.03. The minimum atomic E-state index is 0.848. The van der Waals surface area contributed by atoms with Gasteiger partial charge in [-0.3, -0.25) is 0 Å². The summed E-state index contributed by atoms with van der Waals surface area (Å²) in [6.07, 6.45) is 2.86. The van der Waals surface area contributed by atoms with Crippen molar-refractivity contribution in [1.29, 1.82) is 0 Å². The van der Waals surface area contributed by atoms with Gasteiger partial charge in [-0.15, -0.1) is 0 Å². The lowest BCUT2D eigenvalue weighted by atomic mass is 10.1. The number of hydrogen-bond acceptors (Lipinski definition) is 2. The van der Waals surface area contributed by atoms with Gasteiger partial charge in [-0.25, -0.2) is 0 Å². The van der Waals surface area contributed by atoms with E-state index in [1.165, 1.54) is 5.56 Å². The zero-order valence-electron chi connectivity index (χ0n) is 9.39. The monoisotopic (exact) mass is 223 g/mol. The van der Waals surface area contributed by atoms with Crippen molar-refractivity contribution in [1.82, 2.24) is 0 Å². The molecule has 0 aromatic heterocycles. The van der Waals surface area contributed by atoms with Crippen molar-refractivity contribution in [2.45, 2.75) is 6.42 Å². The second kappa shape index (κ2) is 3.98. The lowest BCUT2D eigenvalue weighted by molar-refractivity contribution is 0.482. The first-order valence-electron chi connectivity index (χ1n) is 5.63. The lowest BCUT2D eigenvalue weighted by Gasteiger charge is -2.07. The van der Waals surface area contributed by atoms with Crippen molar-refractivity contribution >= 4 is 6.08 Å². The quantitative estimate of drug-likeness (QED) is 0.847. The average Bonchev–Trinajstić information content (AvgIpc) is 2.70. The van der Waals surface area contributed by atoms with E-state index in [1.54, 1.807) is 0 Å². The van der Waals surface area contributed by atoms with Gasteiger partial charge in [0.05, 0.1) is 0 Å². The molecule has 0 fully saturated rings. The molecule has 0 spiro atoms. The lowest BCUT2D eigenvalue weighted by Crippen LogP contribution is -1.94. The van der Waals surface area contributed by atoms with Crippen molar-refractivity contribution in [2.24, 2.45) is 5.73 Å². The summed E-state index contributed by atoms with van der Waals surface area (Å²) >= 11 is 0. The molecule has 2 aromatic carbocycles. The third kappa shape index (κ3) is 2.02. The molecule has 1 aliphatic carbocycles. The number of rotatable bonds is 2. The topological polar surface area (TPSA) is 35.2 Å². The van der Waals surface area contributed by atoms with Crippen LogP contribution in [-0.4, -0.2) is 0 Å². The van der Waals surface area contributed by atoms with Crippen LogP contribution in [0.3, 0.4) is 0 Å². The van der Waals surface area contributed by atoms with Gasteiger partial charge in [0.1, 0.15) is 11.5 Å². The van der Waals surface area contributed by atoms with Gasteiger partial charge >= 0.3 is 0 Å². The Kier molecular flexibility index (Phi) is 2.33. The first kappa shape index (κ1) is 9.97. The standard InChI is InChI=1S/C15H13NO/c16-13-8-11-6-7-15(10-12(11)9-13)17-14-4-2-1-3-5-14/h1-7,9-10H,8,16H2. The van der Waals surface area contributed by atoms with E-state index >= 15 is 0 Å². The number of nitrogens with two attached hydrogens (primary N) is 1. The van der Waals surface area contributed by atoms with Crippen LogP contribution in [0, 0.1) is 0 Å². The summed E-state index contributed by atoms with van der Waals surface area (Å²) in [5.41, 5.74) is 9.15. The summed E-state index contributed by atoms with van der Waals surface area (Å²) in [6.45, 7) is 0. The van der Waals surface area contributed by atoms with Gasteiger partial charge in [0, 0.05) is 12.1 Å². The largest absolute Gasteiger partial charge is 0.457 e. The maximum absolute atomic E-state index is 5.81. The van der Waals surface area contributed by atoms with E-state index in [9.17, 15) is 0 Å². The van der Waals surface area contributed by atoms with Crippen LogP contribution in [0.2, 0.25) is 0 Å². The summed E-state index contributed by atoms with van der Waals surface area (Å²) in [6, 6.07) is 15.9. The number of allylic oxidation sites excluding steroid dienone is 1. The smallest absolute Gasteiger partial charge is 0.128 e. The van der Waals surface area contributed by atoms with Crippen molar-refractivity contribution in [2.75, 3.05) is 0 Å². The van der Waals surface area contributed by atoms with Crippen LogP contribution in [0.25, 0.3) is 6.08 Å². The maximum Gasteiger partial charge on any atom is 0.128 e. The molecule has 0 bridgehead atoms. The predicted octanol–water partition coefficient (Wildman–Crippen LogP) is 3.33. The molecule has 0 radical (unpaired) electrons. The highest BCUT2D eigenvalue weighted by Gasteiger charge is 2.10. The summed E-state index contributed by atoms with van der Waals surface area (Å²) in [4.78, 5) is 0. The number of ether oxygens (including phenoxy) is 1. The fraction of sp³-hybridized carbons (Fsp3) is 0.0667. The van der Waals surface area contributed by atoms with Crippen LogP contribution in [0.4, 0.5) is 0 Å². The molecule has 0 saturated heterocycles. The Morgan fingerprint density at radius 1 is 0.941 bits per heavy atom.